The number of benzene rings is 2. The molecule has 0 aliphatic carbocycles. The molecule has 4 nitrogen and oxygen atoms in total. The summed E-state index contributed by atoms with van der Waals surface area (Å²) < 4.78 is 42.4. The Bertz CT molecular complexity index is 772. The zero-order chi connectivity index (χ0) is 18.2. The Labute approximate surface area is 144 Å². The normalized spacial score (nSPS) is 10.9. The molecule has 2 rings (SSSR count). The number of hydrogen-bond acceptors (Lipinski definition) is 4. The van der Waals surface area contributed by atoms with Gasteiger partial charge in [0, 0.05) is 18.2 Å². The van der Waals surface area contributed by atoms with Crippen LogP contribution in [0.4, 0.5) is 8.78 Å². The number of hydrogen-bond donors (Lipinski definition) is 0. The highest BCUT2D eigenvalue weighted by atomic mass is 19.2. The predicted molar refractivity (Wildman–Crippen MR) is 90.1 cm³/mol. The molecule has 0 radical (unpaired) electrons. The number of carbonyl (C=O) groups excluding carboxylic acids is 1. The van der Waals surface area contributed by atoms with Gasteiger partial charge in [0.2, 0.25) is 0 Å². The summed E-state index contributed by atoms with van der Waals surface area (Å²) >= 11 is 0. The van der Waals surface area contributed by atoms with Crippen LogP contribution >= 0.6 is 0 Å². The van der Waals surface area contributed by atoms with Gasteiger partial charge in [0.1, 0.15) is 6.61 Å². The van der Waals surface area contributed by atoms with Crippen molar-refractivity contribution in [2.75, 3.05) is 27.4 Å². The first-order valence-corrected chi connectivity index (χ1v) is 7.53. The van der Waals surface area contributed by atoms with E-state index in [1.54, 1.807) is 19.2 Å². The van der Waals surface area contributed by atoms with E-state index in [2.05, 4.69) is 0 Å². The van der Waals surface area contributed by atoms with Gasteiger partial charge in [-0.1, -0.05) is 12.1 Å². The largest absolute Gasteiger partial charge is 0.493 e. The summed E-state index contributed by atoms with van der Waals surface area (Å²) in [5, 5.41) is 0. The van der Waals surface area contributed by atoms with E-state index in [4.69, 9.17) is 14.2 Å². The maximum atomic E-state index is 13.6. The fourth-order valence-corrected chi connectivity index (χ4v) is 2.09. The minimum absolute atomic E-state index is 0.000154. The molecule has 0 aromatic heterocycles. The number of carbonyl (C=O) groups is 1. The number of rotatable bonds is 8. The molecule has 2 aromatic rings. The molecular weight excluding hydrogens is 330 g/mol. The third-order valence-corrected chi connectivity index (χ3v) is 3.39. The average molecular weight is 348 g/mol. The van der Waals surface area contributed by atoms with Crippen molar-refractivity contribution in [2.45, 2.75) is 0 Å². The molecule has 0 spiro atoms. The first kappa shape index (κ1) is 18.6. The van der Waals surface area contributed by atoms with Crippen molar-refractivity contribution in [3.8, 4) is 11.5 Å². The molecule has 2 aromatic carbocycles. The number of methoxy groups -OCH3 is 2. The molecule has 0 unspecified atom stereocenters. The molecule has 0 amide bonds. The number of ketones is 1. The molecule has 0 saturated heterocycles. The third kappa shape index (κ3) is 4.87. The summed E-state index contributed by atoms with van der Waals surface area (Å²) in [6, 6.07) is 8.48. The van der Waals surface area contributed by atoms with Gasteiger partial charge in [0.25, 0.3) is 0 Å². The van der Waals surface area contributed by atoms with Gasteiger partial charge >= 0.3 is 0 Å². The van der Waals surface area contributed by atoms with Crippen LogP contribution in [0.3, 0.4) is 0 Å². The fraction of sp³-hybridized carbons (Fsp3) is 0.211. The lowest BCUT2D eigenvalue weighted by Crippen LogP contribution is -2.06. The molecule has 132 valence electrons. The summed E-state index contributed by atoms with van der Waals surface area (Å²) in [5.41, 5.74) is 0.337. The first-order chi connectivity index (χ1) is 12.1. The Morgan fingerprint density at radius 3 is 2.60 bits per heavy atom. The quantitative estimate of drug-likeness (QED) is 0.412. The third-order valence-electron chi connectivity index (χ3n) is 3.39. The van der Waals surface area contributed by atoms with E-state index in [9.17, 15) is 13.6 Å². The zero-order valence-electron chi connectivity index (χ0n) is 13.9. The molecule has 0 aliphatic rings. The van der Waals surface area contributed by atoms with Crippen LogP contribution in [0.15, 0.2) is 42.5 Å². The van der Waals surface area contributed by atoms with Crippen molar-refractivity contribution in [1.82, 2.24) is 0 Å². The summed E-state index contributed by atoms with van der Waals surface area (Å²) in [5.74, 6) is -1.45. The topological polar surface area (TPSA) is 44.8 Å². The van der Waals surface area contributed by atoms with E-state index < -0.39 is 11.6 Å². The van der Waals surface area contributed by atoms with Crippen LogP contribution in [0.5, 0.6) is 11.5 Å². The predicted octanol–water partition coefficient (Wildman–Crippen LogP) is 3.89. The second-order valence-corrected chi connectivity index (χ2v) is 5.05. The van der Waals surface area contributed by atoms with Crippen LogP contribution in [0.1, 0.15) is 15.9 Å². The first-order valence-electron chi connectivity index (χ1n) is 7.53. The molecule has 0 saturated carbocycles. The summed E-state index contributed by atoms with van der Waals surface area (Å²) in [6.07, 6.45) is 2.41. The minimum Gasteiger partial charge on any atom is -0.493 e. The second kappa shape index (κ2) is 8.94. The average Bonchev–Trinajstić information content (AvgIpc) is 2.63. The van der Waals surface area contributed by atoms with Crippen molar-refractivity contribution in [2.24, 2.45) is 0 Å². The van der Waals surface area contributed by atoms with E-state index in [1.165, 1.54) is 37.5 Å². The smallest absolute Gasteiger partial charge is 0.185 e. The maximum Gasteiger partial charge on any atom is 0.185 e. The molecule has 0 fully saturated rings. The van der Waals surface area contributed by atoms with Gasteiger partial charge in [-0.25, -0.2) is 8.78 Å². The summed E-state index contributed by atoms with van der Waals surface area (Å²) in [7, 11) is 3.03. The molecule has 0 aliphatic heterocycles. The molecule has 6 heteroatoms. The maximum absolute atomic E-state index is 13.6. The van der Waals surface area contributed by atoms with Crippen molar-refractivity contribution in [3.63, 3.8) is 0 Å². The number of halogens is 2. The van der Waals surface area contributed by atoms with Gasteiger partial charge in [-0.15, -0.1) is 0 Å². The Morgan fingerprint density at radius 1 is 1.08 bits per heavy atom. The van der Waals surface area contributed by atoms with E-state index in [1.807, 2.05) is 0 Å². The second-order valence-electron chi connectivity index (χ2n) is 5.05. The zero-order valence-corrected chi connectivity index (χ0v) is 13.9. The van der Waals surface area contributed by atoms with Gasteiger partial charge in [0.05, 0.1) is 13.7 Å². The summed E-state index contributed by atoms with van der Waals surface area (Å²) in [4.78, 5) is 12.2. The highest BCUT2D eigenvalue weighted by Crippen LogP contribution is 2.28. The van der Waals surface area contributed by atoms with Gasteiger partial charge in [-0.2, -0.15) is 0 Å². The number of ether oxygens (including phenoxy) is 3. The molecule has 0 N–H and O–H groups in total. The lowest BCUT2D eigenvalue weighted by atomic mass is 10.1. The van der Waals surface area contributed by atoms with Crippen molar-refractivity contribution >= 4 is 11.9 Å². The SMILES string of the molecule is COCCOc1ccc(C(=O)C=Cc2cccc(F)c2F)cc1OC. The molecular formula is C19H18F2O4. The Balaban J connectivity index is 2.16. The lowest BCUT2D eigenvalue weighted by Gasteiger charge is -2.11. The Morgan fingerprint density at radius 2 is 1.88 bits per heavy atom. The van der Waals surface area contributed by atoms with Gasteiger partial charge < -0.3 is 14.2 Å². The number of allylic oxidation sites excluding steroid dienone is 1. The van der Waals surface area contributed by atoms with Crippen LogP contribution in [0, 0.1) is 11.6 Å². The Kier molecular flexibility index (Phi) is 6.65. The van der Waals surface area contributed by atoms with E-state index in [0.717, 1.165) is 6.07 Å². The van der Waals surface area contributed by atoms with Gasteiger partial charge in [0.15, 0.2) is 28.9 Å². The van der Waals surface area contributed by atoms with Crippen LogP contribution in [0.25, 0.3) is 6.08 Å². The minimum atomic E-state index is -0.994. The van der Waals surface area contributed by atoms with Crippen LogP contribution in [-0.4, -0.2) is 33.2 Å². The fourth-order valence-electron chi connectivity index (χ4n) is 2.09. The van der Waals surface area contributed by atoms with Crippen LogP contribution in [-0.2, 0) is 4.74 Å². The standard InChI is InChI=1S/C19H18F2O4/c1-23-10-11-25-17-9-7-14(12-18(17)24-2)16(22)8-6-13-4-3-5-15(20)19(13)21/h3-9,12H,10-11H2,1-2H3. The molecule has 25 heavy (non-hydrogen) atoms. The van der Waals surface area contributed by atoms with E-state index >= 15 is 0 Å². The molecule has 0 atom stereocenters. The molecule has 0 heterocycles. The highest BCUT2D eigenvalue weighted by molar-refractivity contribution is 6.07. The highest BCUT2D eigenvalue weighted by Gasteiger charge is 2.10. The van der Waals surface area contributed by atoms with Gasteiger partial charge in [-0.05, 0) is 36.4 Å². The monoisotopic (exact) mass is 348 g/mol. The van der Waals surface area contributed by atoms with Crippen LogP contribution < -0.4 is 9.47 Å². The Hall–Kier alpha value is -2.73. The van der Waals surface area contributed by atoms with Gasteiger partial charge in [-0.3, -0.25) is 4.79 Å². The van der Waals surface area contributed by atoms with E-state index in [0.29, 0.717) is 30.3 Å². The van der Waals surface area contributed by atoms with Crippen molar-refractivity contribution in [3.05, 3.63) is 65.2 Å². The molecule has 0 bridgehead atoms. The van der Waals surface area contributed by atoms with Crippen molar-refractivity contribution in [1.29, 1.82) is 0 Å². The van der Waals surface area contributed by atoms with Crippen LogP contribution in [0.2, 0.25) is 0 Å². The lowest BCUT2D eigenvalue weighted by molar-refractivity contribution is 0.104. The van der Waals surface area contributed by atoms with E-state index in [-0.39, 0.29) is 11.3 Å². The summed E-state index contributed by atoms with van der Waals surface area (Å²) in [6.45, 7) is 0.769. The van der Waals surface area contributed by atoms with Crippen molar-refractivity contribution < 1.29 is 27.8 Å².